The van der Waals surface area contributed by atoms with E-state index in [2.05, 4.69) is 10.9 Å². The number of terminal acetylenes is 1. The van der Waals surface area contributed by atoms with Gasteiger partial charge in [0.2, 0.25) is 0 Å². The maximum atomic E-state index is 5.32. The summed E-state index contributed by atoms with van der Waals surface area (Å²) in [6.07, 6.45) is 7.08. The predicted octanol–water partition coefficient (Wildman–Crippen LogP) is 1.55. The lowest BCUT2D eigenvalue weighted by atomic mass is 10.3. The summed E-state index contributed by atoms with van der Waals surface area (Å²) in [5.41, 5.74) is 1.80. The molecule has 12 heavy (non-hydrogen) atoms. The fourth-order valence-corrected chi connectivity index (χ4v) is 1.30. The highest BCUT2D eigenvalue weighted by Crippen LogP contribution is 2.14. The average molecular weight is 156 g/mol. The summed E-state index contributed by atoms with van der Waals surface area (Å²) in [4.78, 5) is 4.22. The lowest BCUT2D eigenvalue weighted by Crippen LogP contribution is -1.91. The molecule has 0 atom stereocenters. The second kappa shape index (κ2) is 2.38. The first-order chi connectivity index (χ1) is 5.83. The van der Waals surface area contributed by atoms with Gasteiger partial charge >= 0.3 is 0 Å². The van der Waals surface area contributed by atoms with E-state index in [1.807, 2.05) is 29.8 Å². The summed E-state index contributed by atoms with van der Waals surface area (Å²) in [7, 11) is 1.92. The van der Waals surface area contributed by atoms with Crippen molar-refractivity contribution >= 4 is 11.0 Å². The molecular formula is C10H8N2. The van der Waals surface area contributed by atoms with E-state index < -0.39 is 0 Å². The third-order valence-corrected chi connectivity index (χ3v) is 1.94. The third kappa shape index (κ3) is 0.802. The molecule has 0 bridgehead atoms. The van der Waals surface area contributed by atoms with Crippen molar-refractivity contribution in [2.24, 2.45) is 7.05 Å². The molecule has 0 N–H and O–H groups in total. The van der Waals surface area contributed by atoms with Gasteiger partial charge in [-0.15, -0.1) is 6.42 Å². The summed E-state index contributed by atoms with van der Waals surface area (Å²) in [5.74, 6) is 2.61. The van der Waals surface area contributed by atoms with E-state index in [0.29, 0.717) is 0 Å². The number of rotatable bonds is 0. The molecule has 2 nitrogen and oxygen atoms in total. The first kappa shape index (κ1) is 6.93. The van der Waals surface area contributed by atoms with Gasteiger partial charge in [-0.25, -0.2) is 4.98 Å². The fourth-order valence-electron chi connectivity index (χ4n) is 1.30. The number of aromatic nitrogens is 2. The Morgan fingerprint density at radius 2 is 2.42 bits per heavy atom. The largest absolute Gasteiger partial charge is 0.322 e. The van der Waals surface area contributed by atoms with Crippen molar-refractivity contribution in [3.8, 4) is 12.3 Å². The van der Waals surface area contributed by atoms with Crippen molar-refractivity contribution < 1.29 is 0 Å². The molecule has 2 aromatic heterocycles. The van der Waals surface area contributed by atoms with Crippen LogP contribution in [0.3, 0.4) is 0 Å². The number of fused-ring (bicyclic) bond motifs is 1. The van der Waals surface area contributed by atoms with Crippen LogP contribution in [0.4, 0.5) is 0 Å². The van der Waals surface area contributed by atoms with Crippen LogP contribution in [0.15, 0.2) is 24.4 Å². The Morgan fingerprint density at radius 1 is 1.58 bits per heavy atom. The number of aryl methyl sites for hydroxylation is 1. The molecular weight excluding hydrogens is 148 g/mol. The van der Waals surface area contributed by atoms with E-state index in [4.69, 9.17) is 6.42 Å². The maximum Gasteiger partial charge on any atom is 0.140 e. The standard InChI is InChI=1S/C10H8N2/c1-3-9-7-8-5-4-6-11-10(8)12(9)2/h1,4-7H,2H3. The fraction of sp³-hybridized carbons (Fsp3) is 0.100. The summed E-state index contributed by atoms with van der Waals surface area (Å²) in [6, 6.07) is 5.87. The molecule has 2 aromatic rings. The normalized spacial score (nSPS) is 10.0. The number of hydrogen-bond donors (Lipinski definition) is 0. The van der Waals surface area contributed by atoms with Crippen LogP contribution in [0.1, 0.15) is 5.69 Å². The second-order valence-electron chi connectivity index (χ2n) is 2.65. The second-order valence-corrected chi connectivity index (χ2v) is 2.65. The van der Waals surface area contributed by atoms with Crippen molar-refractivity contribution in [3.63, 3.8) is 0 Å². The number of pyridine rings is 1. The van der Waals surface area contributed by atoms with Crippen LogP contribution >= 0.6 is 0 Å². The van der Waals surface area contributed by atoms with Crippen LogP contribution < -0.4 is 0 Å². The summed E-state index contributed by atoms with van der Waals surface area (Å²) < 4.78 is 1.91. The molecule has 0 spiro atoms. The van der Waals surface area contributed by atoms with Gasteiger partial charge in [0, 0.05) is 18.6 Å². The van der Waals surface area contributed by atoms with Crippen molar-refractivity contribution in [3.05, 3.63) is 30.1 Å². The van der Waals surface area contributed by atoms with E-state index in [-0.39, 0.29) is 0 Å². The minimum Gasteiger partial charge on any atom is -0.322 e. The average Bonchev–Trinajstić information content (AvgIpc) is 2.44. The topological polar surface area (TPSA) is 17.8 Å². The quantitative estimate of drug-likeness (QED) is 0.529. The molecule has 2 rings (SSSR count). The molecule has 0 saturated heterocycles. The molecule has 0 aliphatic carbocycles. The number of hydrogen-bond acceptors (Lipinski definition) is 1. The van der Waals surface area contributed by atoms with Crippen molar-refractivity contribution in [2.45, 2.75) is 0 Å². The SMILES string of the molecule is C#Cc1cc2cccnc2n1C. The van der Waals surface area contributed by atoms with Crippen LogP contribution in [-0.2, 0) is 7.05 Å². The Labute approximate surface area is 70.8 Å². The lowest BCUT2D eigenvalue weighted by molar-refractivity contribution is 0.932. The monoisotopic (exact) mass is 156 g/mol. The van der Waals surface area contributed by atoms with E-state index in [1.165, 1.54) is 0 Å². The Balaban J connectivity index is 2.90. The van der Waals surface area contributed by atoms with E-state index in [9.17, 15) is 0 Å². The molecule has 0 aliphatic rings. The first-order valence-electron chi connectivity index (χ1n) is 3.70. The van der Waals surface area contributed by atoms with Crippen LogP contribution in [0, 0.1) is 12.3 Å². The third-order valence-electron chi connectivity index (χ3n) is 1.94. The maximum absolute atomic E-state index is 5.32. The highest BCUT2D eigenvalue weighted by atomic mass is 15.0. The van der Waals surface area contributed by atoms with Crippen LogP contribution in [0.5, 0.6) is 0 Å². The molecule has 0 saturated carbocycles. The van der Waals surface area contributed by atoms with Gasteiger partial charge in [-0.1, -0.05) is 5.92 Å². The van der Waals surface area contributed by atoms with Gasteiger partial charge in [0.1, 0.15) is 5.65 Å². The van der Waals surface area contributed by atoms with Gasteiger partial charge in [-0.05, 0) is 18.2 Å². The number of nitrogens with zero attached hydrogens (tertiary/aromatic N) is 2. The molecule has 0 amide bonds. The van der Waals surface area contributed by atoms with Gasteiger partial charge in [-0.3, -0.25) is 0 Å². The highest BCUT2D eigenvalue weighted by Gasteiger charge is 2.02. The zero-order valence-corrected chi connectivity index (χ0v) is 6.78. The van der Waals surface area contributed by atoms with Gasteiger partial charge in [-0.2, -0.15) is 0 Å². The molecule has 58 valence electrons. The van der Waals surface area contributed by atoms with Gasteiger partial charge in [0.25, 0.3) is 0 Å². The summed E-state index contributed by atoms with van der Waals surface area (Å²) in [5, 5.41) is 1.09. The van der Waals surface area contributed by atoms with Crippen molar-refractivity contribution in [1.29, 1.82) is 0 Å². The van der Waals surface area contributed by atoms with Crippen LogP contribution in [0.25, 0.3) is 11.0 Å². The zero-order chi connectivity index (χ0) is 8.55. The summed E-state index contributed by atoms with van der Waals surface area (Å²) in [6.45, 7) is 0. The Kier molecular flexibility index (Phi) is 1.38. The molecule has 0 unspecified atom stereocenters. The molecule has 2 heteroatoms. The molecule has 0 radical (unpaired) electrons. The van der Waals surface area contributed by atoms with Crippen LogP contribution in [0.2, 0.25) is 0 Å². The minimum atomic E-state index is 0.865. The highest BCUT2D eigenvalue weighted by molar-refractivity contribution is 5.78. The van der Waals surface area contributed by atoms with E-state index in [0.717, 1.165) is 16.7 Å². The lowest BCUT2D eigenvalue weighted by Gasteiger charge is -1.94. The molecule has 0 aromatic carbocycles. The van der Waals surface area contributed by atoms with E-state index in [1.54, 1.807) is 6.20 Å². The minimum absolute atomic E-state index is 0.865. The molecule has 0 aliphatic heterocycles. The smallest absolute Gasteiger partial charge is 0.140 e. The van der Waals surface area contributed by atoms with Crippen molar-refractivity contribution in [1.82, 2.24) is 9.55 Å². The van der Waals surface area contributed by atoms with Gasteiger partial charge < -0.3 is 4.57 Å². The zero-order valence-electron chi connectivity index (χ0n) is 6.78. The Bertz CT molecular complexity index is 460. The Hall–Kier alpha value is -1.75. The Morgan fingerprint density at radius 3 is 3.08 bits per heavy atom. The van der Waals surface area contributed by atoms with E-state index >= 15 is 0 Å². The van der Waals surface area contributed by atoms with Crippen molar-refractivity contribution in [2.75, 3.05) is 0 Å². The van der Waals surface area contributed by atoms with Crippen LogP contribution in [-0.4, -0.2) is 9.55 Å². The summed E-state index contributed by atoms with van der Waals surface area (Å²) >= 11 is 0. The van der Waals surface area contributed by atoms with Gasteiger partial charge in [0.05, 0.1) is 5.69 Å². The van der Waals surface area contributed by atoms with Gasteiger partial charge in [0.15, 0.2) is 0 Å². The predicted molar refractivity (Wildman–Crippen MR) is 48.6 cm³/mol. The molecule has 2 heterocycles. The first-order valence-corrected chi connectivity index (χ1v) is 3.70. The molecule has 0 fully saturated rings.